The maximum atomic E-state index is 13.2. The number of carbonyl (C=O) groups is 2. The molecule has 0 bridgehead atoms. The van der Waals surface area contributed by atoms with Gasteiger partial charge in [0.15, 0.2) is 0 Å². The maximum absolute atomic E-state index is 13.2. The van der Waals surface area contributed by atoms with Gasteiger partial charge in [-0.2, -0.15) is 5.10 Å². The molecular formula is C30H27FN6O2. The van der Waals surface area contributed by atoms with E-state index in [1.807, 2.05) is 36.1 Å². The Morgan fingerprint density at radius 1 is 1.03 bits per heavy atom. The molecule has 0 unspecified atom stereocenters. The molecule has 3 N–H and O–H groups in total. The number of benzene rings is 3. The average Bonchev–Trinajstić information content (AvgIpc) is 3.57. The average molecular weight is 523 g/mol. The van der Waals surface area contributed by atoms with E-state index >= 15 is 0 Å². The van der Waals surface area contributed by atoms with Crippen LogP contribution in [0, 0.1) is 5.82 Å². The third kappa shape index (κ3) is 3.53. The van der Waals surface area contributed by atoms with Gasteiger partial charge in [-0.15, -0.1) is 0 Å². The van der Waals surface area contributed by atoms with Gasteiger partial charge in [-0.05, 0) is 80.3 Å². The van der Waals surface area contributed by atoms with E-state index in [1.165, 1.54) is 29.8 Å². The number of aromatic nitrogens is 3. The van der Waals surface area contributed by atoms with Crippen LogP contribution in [-0.2, 0) is 26.4 Å². The number of anilines is 2. The molecule has 0 spiro atoms. The monoisotopic (exact) mass is 522 g/mol. The topological polar surface area (TPSA) is 93.0 Å². The second-order valence-corrected chi connectivity index (χ2v) is 10.6. The third-order valence-electron chi connectivity index (χ3n) is 7.76. The van der Waals surface area contributed by atoms with Gasteiger partial charge in [0, 0.05) is 64.6 Å². The number of rotatable bonds is 3. The highest BCUT2D eigenvalue weighted by molar-refractivity contribution is 6.20. The lowest BCUT2D eigenvalue weighted by molar-refractivity contribution is 0.0966. The standard InChI is InChI=1S/C30H27FN6O2/c1-15(2)37-24-11-8-18(34-30(39)33-17-6-4-16(31)5-7-17)12-20(24)26-21-13-32-29(38)27(21)25-19(28(26)37)9-10-23-22(25)14-36(3)35-23/h4-8,11-12,14-15H,9-10,13H2,1-3H3,(H,32,38)(H2,33,34,39). The van der Waals surface area contributed by atoms with Crippen molar-refractivity contribution in [1.82, 2.24) is 19.7 Å². The van der Waals surface area contributed by atoms with Gasteiger partial charge >= 0.3 is 6.03 Å². The van der Waals surface area contributed by atoms with Crippen molar-refractivity contribution in [3.8, 4) is 11.1 Å². The minimum absolute atomic E-state index is 0.0572. The zero-order chi connectivity index (χ0) is 27.0. The molecule has 196 valence electrons. The Morgan fingerprint density at radius 3 is 2.54 bits per heavy atom. The van der Waals surface area contributed by atoms with Crippen LogP contribution in [0.15, 0.2) is 48.7 Å². The second kappa shape index (κ2) is 8.42. The lowest BCUT2D eigenvalue weighted by Gasteiger charge is -2.22. The summed E-state index contributed by atoms with van der Waals surface area (Å²) in [6, 6.07) is 11.3. The zero-order valence-corrected chi connectivity index (χ0v) is 21.9. The van der Waals surface area contributed by atoms with E-state index in [4.69, 9.17) is 0 Å². The molecule has 3 heterocycles. The molecule has 0 saturated heterocycles. The van der Waals surface area contributed by atoms with Crippen LogP contribution in [0.4, 0.5) is 20.6 Å². The predicted molar refractivity (Wildman–Crippen MR) is 150 cm³/mol. The van der Waals surface area contributed by atoms with E-state index in [2.05, 4.69) is 39.5 Å². The van der Waals surface area contributed by atoms with Gasteiger partial charge in [0.25, 0.3) is 5.91 Å². The Bertz CT molecular complexity index is 1850. The lowest BCUT2D eigenvalue weighted by atomic mass is 9.82. The number of fused-ring (bicyclic) bond motifs is 10. The van der Waals surface area contributed by atoms with E-state index in [9.17, 15) is 14.0 Å². The Morgan fingerprint density at radius 2 is 1.77 bits per heavy atom. The molecule has 0 radical (unpaired) electrons. The number of aryl methyl sites for hydroxylation is 3. The third-order valence-corrected chi connectivity index (χ3v) is 7.76. The number of carbonyl (C=O) groups excluding carboxylic acids is 2. The van der Waals surface area contributed by atoms with Gasteiger partial charge in [0.2, 0.25) is 0 Å². The van der Waals surface area contributed by atoms with E-state index in [0.29, 0.717) is 17.9 Å². The molecule has 3 amide bonds. The minimum Gasteiger partial charge on any atom is -0.348 e. The molecule has 3 aromatic carbocycles. The molecule has 39 heavy (non-hydrogen) atoms. The van der Waals surface area contributed by atoms with Crippen molar-refractivity contribution in [1.29, 1.82) is 0 Å². The highest BCUT2D eigenvalue weighted by Crippen LogP contribution is 2.47. The van der Waals surface area contributed by atoms with Gasteiger partial charge in [-0.3, -0.25) is 9.48 Å². The first-order chi connectivity index (χ1) is 18.8. The molecule has 5 aromatic rings. The molecule has 1 aliphatic heterocycles. The summed E-state index contributed by atoms with van der Waals surface area (Å²) >= 11 is 0. The molecule has 2 aromatic heterocycles. The molecule has 0 saturated carbocycles. The van der Waals surface area contributed by atoms with Crippen LogP contribution >= 0.6 is 0 Å². The zero-order valence-electron chi connectivity index (χ0n) is 21.9. The maximum Gasteiger partial charge on any atom is 0.323 e. The Balaban J connectivity index is 1.43. The van der Waals surface area contributed by atoms with Crippen molar-refractivity contribution in [2.45, 2.75) is 39.3 Å². The van der Waals surface area contributed by atoms with Crippen LogP contribution in [0.2, 0.25) is 0 Å². The summed E-state index contributed by atoms with van der Waals surface area (Å²) < 4.78 is 17.4. The van der Waals surface area contributed by atoms with Gasteiger partial charge < -0.3 is 20.5 Å². The minimum atomic E-state index is -0.419. The first-order valence-electron chi connectivity index (χ1n) is 13.1. The summed E-state index contributed by atoms with van der Waals surface area (Å²) in [6.45, 7) is 4.79. The van der Waals surface area contributed by atoms with Crippen LogP contribution in [0.5, 0.6) is 0 Å². The first kappa shape index (κ1) is 23.5. The highest BCUT2D eigenvalue weighted by Gasteiger charge is 2.35. The molecule has 2 aliphatic rings. The number of hydrogen-bond acceptors (Lipinski definition) is 3. The summed E-state index contributed by atoms with van der Waals surface area (Å²) in [6.07, 6.45) is 3.63. The smallest absolute Gasteiger partial charge is 0.323 e. The van der Waals surface area contributed by atoms with Gasteiger partial charge in [0.1, 0.15) is 5.82 Å². The molecule has 8 nitrogen and oxygen atoms in total. The van der Waals surface area contributed by atoms with Gasteiger partial charge in [-0.1, -0.05) is 0 Å². The van der Waals surface area contributed by atoms with Crippen molar-refractivity contribution < 1.29 is 14.0 Å². The number of nitrogens with one attached hydrogen (secondary N) is 3. The van der Waals surface area contributed by atoms with Crippen LogP contribution in [-0.4, -0.2) is 26.3 Å². The van der Waals surface area contributed by atoms with Gasteiger partial charge in [-0.25, -0.2) is 9.18 Å². The largest absolute Gasteiger partial charge is 0.348 e. The van der Waals surface area contributed by atoms with Gasteiger partial charge in [0.05, 0.1) is 16.8 Å². The Labute approximate surface area is 223 Å². The predicted octanol–water partition coefficient (Wildman–Crippen LogP) is 5.90. The van der Waals surface area contributed by atoms with Crippen molar-refractivity contribution in [3.05, 3.63) is 76.9 Å². The quantitative estimate of drug-likeness (QED) is 0.275. The Hall–Kier alpha value is -4.66. The van der Waals surface area contributed by atoms with E-state index < -0.39 is 6.03 Å². The fraction of sp³-hybridized carbons (Fsp3) is 0.233. The normalized spacial score (nSPS) is 13.9. The van der Waals surface area contributed by atoms with Crippen molar-refractivity contribution in [2.24, 2.45) is 7.05 Å². The van der Waals surface area contributed by atoms with Crippen molar-refractivity contribution >= 4 is 45.1 Å². The number of nitrogens with zero attached hydrogens (tertiary/aromatic N) is 3. The molecule has 1 aliphatic carbocycles. The molecule has 7 rings (SSSR count). The summed E-state index contributed by atoms with van der Waals surface area (Å²) in [5.74, 6) is -0.423. The molecule has 0 fully saturated rings. The summed E-state index contributed by atoms with van der Waals surface area (Å²) in [4.78, 5) is 26.0. The molecule has 0 atom stereocenters. The van der Waals surface area contributed by atoms with Crippen molar-refractivity contribution in [3.63, 3.8) is 0 Å². The fourth-order valence-corrected chi connectivity index (χ4v) is 6.30. The first-order valence-corrected chi connectivity index (χ1v) is 13.1. The fourth-order valence-electron chi connectivity index (χ4n) is 6.30. The molecule has 9 heteroatoms. The van der Waals surface area contributed by atoms with Crippen molar-refractivity contribution in [2.75, 3.05) is 10.6 Å². The van der Waals surface area contributed by atoms with Crippen LogP contribution in [0.1, 0.15) is 47.1 Å². The van der Waals surface area contributed by atoms with E-state index in [1.54, 1.807) is 0 Å². The number of urea groups is 1. The molecular weight excluding hydrogens is 495 g/mol. The van der Waals surface area contributed by atoms with E-state index in [0.717, 1.165) is 62.6 Å². The number of hydrogen-bond donors (Lipinski definition) is 3. The Kier molecular flexibility index (Phi) is 5.07. The van der Waals surface area contributed by atoms with Crippen LogP contribution in [0.3, 0.4) is 0 Å². The summed E-state index contributed by atoms with van der Waals surface area (Å²) in [5.41, 5.74) is 9.29. The van der Waals surface area contributed by atoms with Crippen LogP contribution < -0.4 is 16.0 Å². The number of halogens is 1. The number of amides is 3. The van der Waals surface area contributed by atoms with Crippen LogP contribution in [0.25, 0.3) is 32.9 Å². The summed E-state index contributed by atoms with van der Waals surface area (Å²) in [7, 11) is 1.92. The lowest BCUT2D eigenvalue weighted by Crippen LogP contribution is -2.19. The highest BCUT2D eigenvalue weighted by atomic mass is 19.1. The summed E-state index contributed by atoms with van der Waals surface area (Å²) in [5, 5.41) is 15.4. The SMILES string of the molecule is CC(C)n1c2ccc(NC(=O)Nc3ccc(F)cc3)cc2c2c3c(c4c(c21)CCc1nn(C)cc1-4)C(=O)NC3. The second-order valence-electron chi connectivity index (χ2n) is 10.6. The van der Waals surface area contributed by atoms with E-state index in [-0.39, 0.29) is 17.8 Å².